The molecule has 0 spiro atoms. The number of carbonyl (C=O) groups excluding carboxylic acids is 1. The zero-order chi connectivity index (χ0) is 14.0. The Morgan fingerprint density at radius 3 is 2.74 bits per heavy atom. The van der Waals surface area contributed by atoms with Crippen LogP contribution in [0.3, 0.4) is 0 Å². The van der Waals surface area contributed by atoms with Gasteiger partial charge in [-0.05, 0) is 18.9 Å². The Bertz CT molecular complexity index is 505. The lowest BCUT2D eigenvalue weighted by molar-refractivity contribution is -0.120. The second-order valence-electron chi connectivity index (χ2n) is 4.58. The van der Waals surface area contributed by atoms with E-state index < -0.39 is 5.82 Å². The van der Waals surface area contributed by atoms with Crippen molar-refractivity contribution in [1.29, 1.82) is 0 Å². The summed E-state index contributed by atoms with van der Waals surface area (Å²) in [6, 6.07) is 1.71. The molecule has 1 amide bonds. The predicted molar refractivity (Wildman–Crippen MR) is 74.5 cm³/mol. The molecular weight excluding hydrogens is 271 g/mol. The largest absolute Gasteiger partial charge is 0.397 e. The van der Waals surface area contributed by atoms with Crippen LogP contribution in [0.15, 0.2) is 6.07 Å². The van der Waals surface area contributed by atoms with E-state index in [1.807, 2.05) is 0 Å². The van der Waals surface area contributed by atoms with Crippen molar-refractivity contribution >= 4 is 34.6 Å². The monoisotopic (exact) mass is 286 g/mol. The van der Waals surface area contributed by atoms with Gasteiger partial charge in [0.25, 0.3) is 0 Å². The number of anilines is 3. The number of rotatable bonds is 5. The van der Waals surface area contributed by atoms with Gasteiger partial charge in [-0.3, -0.25) is 4.79 Å². The van der Waals surface area contributed by atoms with Crippen molar-refractivity contribution in [2.75, 3.05) is 23.3 Å². The highest BCUT2D eigenvalue weighted by Gasteiger charge is 2.23. The number of halogens is 2. The molecule has 0 heterocycles. The van der Waals surface area contributed by atoms with Crippen LogP contribution in [0.2, 0.25) is 5.02 Å². The fraction of sp³-hybridized carbons (Fsp3) is 0.417. The molecule has 2 rings (SSSR count). The minimum absolute atomic E-state index is 0.0597. The summed E-state index contributed by atoms with van der Waals surface area (Å²) < 4.78 is 13.8. The van der Waals surface area contributed by atoms with Gasteiger partial charge in [-0.15, -0.1) is 0 Å². The van der Waals surface area contributed by atoms with Gasteiger partial charge in [0.2, 0.25) is 5.91 Å². The maximum Gasteiger partial charge on any atom is 0.221 e. The average molecular weight is 287 g/mol. The van der Waals surface area contributed by atoms with E-state index in [9.17, 15) is 9.18 Å². The van der Waals surface area contributed by atoms with Crippen molar-refractivity contribution in [3.8, 4) is 0 Å². The Balaban J connectivity index is 1.91. The van der Waals surface area contributed by atoms with Crippen LogP contribution in [-0.2, 0) is 4.79 Å². The Morgan fingerprint density at radius 2 is 2.11 bits per heavy atom. The highest BCUT2D eigenvalue weighted by atomic mass is 35.5. The summed E-state index contributed by atoms with van der Waals surface area (Å²) in [5, 5.41) is 5.45. The van der Waals surface area contributed by atoms with Crippen LogP contribution in [0.4, 0.5) is 21.5 Å². The summed E-state index contributed by atoms with van der Waals surface area (Å²) in [6.07, 6.45) is 2.32. The minimum Gasteiger partial charge on any atom is -0.397 e. The van der Waals surface area contributed by atoms with E-state index in [-0.39, 0.29) is 41.0 Å². The van der Waals surface area contributed by atoms with Crippen molar-refractivity contribution in [2.24, 2.45) is 0 Å². The average Bonchev–Trinajstić information content (AvgIpc) is 3.14. The molecule has 1 saturated carbocycles. The predicted octanol–water partition coefficient (Wildman–Crippen LogP) is 1.72. The SMILES string of the molecule is Nc1cc(N)c(NCCC(=O)NC2CC2)c(F)c1Cl. The number of nitrogens with one attached hydrogen (secondary N) is 2. The van der Waals surface area contributed by atoms with E-state index in [0.29, 0.717) is 6.04 Å². The van der Waals surface area contributed by atoms with Crippen LogP contribution in [0, 0.1) is 5.82 Å². The summed E-state index contributed by atoms with van der Waals surface area (Å²) >= 11 is 5.70. The van der Waals surface area contributed by atoms with Crippen molar-refractivity contribution in [3.05, 3.63) is 16.9 Å². The van der Waals surface area contributed by atoms with E-state index in [1.54, 1.807) is 0 Å². The second-order valence-corrected chi connectivity index (χ2v) is 4.95. The van der Waals surface area contributed by atoms with Gasteiger partial charge in [-0.2, -0.15) is 0 Å². The Hall–Kier alpha value is -1.69. The van der Waals surface area contributed by atoms with E-state index in [4.69, 9.17) is 23.1 Å². The molecule has 0 aromatic heterocycles. The third kappa shape index (κ3) is 3.41. The number of nitrogens with two attached hydrogens (primary N) is 2. The molecule has 0 unspecified atom stereocenters. The second kappa shape index (κ2) is 5.52. The smallest absolute Gasteiger partial charge is 0.221 e. The van der Waals surface area contributed by atoms with Gasteiger partial charge < -0.3 is 22.1 Å². The van der Waals surface area contributed by atoms with Crippen LogP contribution in [0.1, 0.15) is 19.3 Å². The van der Waals surface area contributed by atoms with Crippen molar-refractivity contribution < 1.29 is 9.18 Å². The van der Waals surface area contributed by atoms with Crippen molar-refractivity contribution in [2.45, 2.75) is 25.3 Å². The maximum absolute atomic E-state index is 13.8. The first-order valence-electron chi connectivity index (χ1n) is 6.05. The van der Waals surface area contributed by atoms with Gasteiger partial charge in [0, 0.05) is 19.0 Å². The van der Waals surface area contributed by atoms with Gasteiger partial charge in [0.15, 0.2) is 5.82 Å². The summed E-state index contributed by atoms with van der Waals surface area (Å²) in [4.78, 5) is 11.5. The zero-order valence-electron chi connectivity index (χ0n) is 10.3. The summed E-state index contributed by atoms with van der Waals surface area (Å²) in [6.45, 7) is 0.278. The standard InChI is InChI=1S/C12H16ClFN4O/c13-10-7(15)5-8(16)12(11(10)14)17-4-3-9(19)18-6-1-2-6/h5-6,17H,1-4,15-16H2,(H,18,19). The van der Waals surface area contributed by atoms with Crippen molar-refractivity contribution in [3.63, 3.8) is 0 Å². The first-order valence-corrected chi connectivity index (χ1v) is 6.43. The van der Waals surface area contributed by atoms with Gasteiger partial charge in [0.05, 0.1) is 17.1 Å². The lowest BCUT2D eigenvalue weighted by Gasteiger charge is -2.12. The first-order chi connectivity index (χ1) is 8.99. The molecule has 0 atom stereocenters. The summed E-state index contributed by atoms with van der Waals surface area (Å²) in [5.74, 6) is -0.753. The maximum atomic E-state index is 13.8. The summed E-state index contributed by atoms with van der Waals surface area (Å²) in [7, 11) is 0. The molecule has 1 aromatic carbocycles. The van der Waals surface area contributed by atoms with Gasteiger partial charge in [-0.25, -0.2) is 4.39 Å². The van der Waals surface area contributed by atoms with E-state index >= 15 is 0 Å². The molecule has 0 saturated heterocycles. The van der Waals surface area contributed by atoms with Gasteiger partial charge in [-0.1, -0.05) is 11.6 Å². The van der Waals surface area contributed by atoms with E-state index in [2.05, 4.69) is 10.6 Å². The molecule has 5 nitrogen and oxygen atoms in total. The molecule has 1 aromatic rings. The molecule has 0 bridgehead atoms. The van der Waals surface area contributed by atoms with Gasteiger partial charge >= 0.3 is 0 Å². The van der Waals surface area contributed by atoms with Crippen LogP contribution >= 0.6 is 11.6 Å². The molecule has 0 aliphatic heterocycles. The molecule has 6 N–H and O–H groups in total. The summed E-state index contributed by atoms with van der Waals surface area (Å²) in [5.41, 5.74) is 11.5. The number of amides is 1. The minimum atomic E-state index is -0.693. The third-order valence-electron chi connectivity index (χ3n) is 2.86. The van der Waals surface area contributed by atoms with Crippen LogP contribution in [0.5, 0.6) is 0 Å². The molecule has 1 aliphatic rings. The first kappa shape index (κ1) is 13.7. The van der Waals surface area contributed by atoms with Gasteiger partial charge in [0.1, 0.15) is 5.02 Å². The Kier molecular flexibility index (Phi) is 3.99. The molecular formula is C12H16ClFN4O. The highest BCUT2D eigenvalue weighted by Crippen LogP contribution is 2.33. The highest BCUT2D eigenvalue weighted by molar-refractivity contribution is 6.33. The number of hydrogen-bond acceptors (Lipinski definition) is 4. The van der Waals surface area contributed by atoms with Crippen LogP contribution in [0.25, 0.3) is 0 Å². The molecule has 7 heteroatoms. The van der Waals surface area contributed by atoms with Crippen molar-refractivity contribution in [1.82, 2.24) is 5.32 Å². The molecule has 1 aliphatic carbocycles. The molecule has 1 fully saturated rings. The Labute approximate surface area is 115 Å². The van der Waals surface area contributed by atoms with Crippen LogP contribution in [-0.4, -0.2) is 18.5 Å². The van der Waals surface area contributed by atoms with E-state index in [1.165, 1.54) is 6.07 Å². The fourth-order valence-corrected chi connectivity index (χ4v) is 1.82. The third-order valence-corrected chi connectivity index (χ3v) is 3.25. The molecule has 0 radical (unpaired) electrons. The normalized spacial score (nSPS) is 14.2. The number of carbonyl (C=O) groups is 1. The van der Waals surface area contributed by atoms with Crippen LogP contribution < -0.4 is 22.1 Å². The number of hydrogen-bond donors (Lipinski definition) is 4. The molecule has 104 valence electrons. The quantitative estimate of drug-likeness (QED) is 0.620. The topological polar surface area (TPSA) is 93.2 Å². The zero-order valence-corrected chi connectivity index (χ0v) is 11.1. The Morgan fingerprint density at radius 1 is 1.42 bits per heavy atom. The fourth-order valence-electron chi connectivity index (χ4n) is 1.67. The number of benzene rings is 1. The number of nitrogen functional groups attached to an aromatic ring is 2. The lowest BCUT2D eigenvalue weighted by atomic mass is 10.2. The molecule has 19 heavy (non-hydrogen) atoms. The lowest BCUT2D eigenvalue weighted by Crippen LogP contribution is -2.27. The van der Waals surface area contributed by atoms with E-state index in [0.717, 1.165) is 12.8 Å².